The van der Waals surface area contributed by atoms with E-state index < -0.39 is 33.6 Å². The van der Waals surface area contributed by atoms with E-state index in [1.165, 1.54) is 0 Å². The van der Waals surface area contributed by atoms with Crippen LogP contribution in [0.1, 0.15) is 58.9 Å². The number of hydrogen-bond donors (Lipinski definition) is 1. The van der Waals surface area contributed by atoms with Crippen molar-refractivity contribution in [2.75, 3.05) is 5.75 Å². The molecule has 0 unspecified atom stereocenters. The van der Waals surface area contributed by atoms with Crippen LogP contribution in [0.15, 0.2) is 53.4 Å². The molecule has 2 aromatic carbocycles. The summed E-state index contributed by atoms with van der Waals surface area (Å²) in [6.45, 7) is 7.05. The Hall–Kier alpha value is -3.38. The molecule has 2 aromatic rings. The molecule has 5 rings (SSSR count). The fraction of sp³-hybridized carbons (Fsp3) is 0.500. The van der Waals surface area contributed by atoms with Gasteiger partial charge >= 0.3 is 6.09 Å². The monoisotopic (exact) mass is 551 g/mol. The van der Waals surface area contributed by atoms with E-state index in [4.69, 9.17) is 4.74 Å². The van der Waals surface area contributed by atoms with Gasteiger partial charge in [0.25, 0.3) is 0 Å². The fourth-order valence-corrected chi connectivity index (χ4v) is 6.43. The van der Waals surface area contributed by atoms with Crippen LogP contribution in [0.3, 0.4) is 0 Å². The molecule has 8 nitrogen and oxygen atoms in total. The molecule has 2 bridgehead atoms. The summed E-state index contributed by atoms with van der Waals surface area (Å²) in [5.74, 6) is -0.195. The molecule has 3 aliphatic rings. The molecule has 2 amide bonds. The molecular formula is C30H37N3O5S. The van der Waals surface area contributed by atoms with Gasteiger partial charge in [-0.2, -0.15) is 5.26 Å². The highest BCUT2D eigenvalue weighted by Gasteiger charge is 2.49. The van der Waals surface area contributed by atoms with Crippen molar-refractivity contribution in [1.29, 1.82) is 5.26 Å². The topological polar surface area (TPSA) is 117 Å². The lowest BCUT2D eigenvalue weighted by Crippen LogP contribution is -2.64. The SMILES string of the molecule is CCS(=O)(=O)c1ccc(-c2ccc(C[C@@H](C#N)NC(=O)[C@@H]3C4CCC(CC4)N3C(=O)OC(C)(C)C)cc2)cc1. The van der Waals surface area contributed by atoms with Gasteiger partial charge in [0.05, 0.1) is 16.7 Å². The fourth-order valence-electron chi connectivity index (χ4n) is 5.54. The van der Waals surface area contributed by atoms with E-state index in [0.717, 1.165) is 42.4 Å². The van der Waals surface area contributed by atoms with Gasteiger partial charge < -0.3 is 10.1 Å². The van der Waals surface area contributed by atoms with Gasteiger partial charge in [-0.25, -0.2) is 13.2 Å². The van der Waals surface area contributed by atoms with Gasteiger partial charge in [-0.15, -0.1) is 0 Å². The first-order valence-electron chi connectivity index (χ1n) is 13.6. The van der Waals surface area contributed by atoms with Crippen molar-refractivity contribution < 1.29 is 22.7 Å². The Balaban J connectivity index is 1.43. The van der Waals surface area contributed by atoms with Crippen LogP contribution >= 0.6 is 0 Å². The van der Waals surface area contributed by atoms with Crippen LogP contribution in [0.5, 0.6) is 0 Å². The lowest BCUT2D eigenvalue weighted by atomic mass is 9.74. The lowest BCUT2D eigenvalue weighted by Gasteiger charge is -2.50. The molecule has 1 N–H and O–H groups in total. The van der Waals surface area contributed by atoms with Crippen LogP contribution in [-0.4, -0.2) is 54.8 Å². The Bertz CT molecular complexity index is 1330. The zero-order valence-corrected chi connectivity index (χ0v) is 23.8. The average molecular weight is 552 g/mol. The van der Waals surface area contributed by atoms with Crippen LogP contribution in [0.4, 0.5) is 4.79 Å². The van der Waals surface area contributed by atoms with Gasteiger partial charge in [0, 0.05) is 12.5 Å². The van der Waals surface area contributed by atoms with Crippen molar-refractivity contribution in [3.63, 3.8) is 0 Å². The Kier molecular flexibility index (Phi) is 8.36. The number of hydrogen-bond acceptors (Lipinski definition) is 6. The number of nitrogens with one attached hydrogen (secondary N) is 1. The Morgan fingerprint density at radius 1 is 1.03 bits per heavy atom. The van der Waals surface area contributed by atoms with Gasteiger partial charge in [0.15, 0.2) is 9.84 Å². The molecule has 2 heterocycles. The second-order valence-electron chi connectivity index (χ2n) is 11.4. The van der Waals surface area contributed by atoms with Gasteiger partial charge in [0.2, 0.25) is 5.91 Å². The molecule has 0 aromatic heterocycles. The lowest BCUT2D eigenvalue weighted by molar-refractivity contribution is -0.135. The summed E-state index contributed by atoms with van der Waals surface area (Å²) in [6, 6.07) is 15.2. The number of ether oxygens (including phenoxy) is 1. The van der Waals surface area contributed by atoms with Crippen molar-refractivity contribution in [3.8, 4) is 17.2 Å². The van der Waals surface area contributed by atoms with Crippen LogP contribution in [0.25, 0.3) is 11.1 Å². The van der Waals surface area contributed by atoms with Gasteiger partial charge in [0.1, 0.15) is 17.7 Å². The summed E-state index contributed by atoms with van der Waals surface area (Å²) in [5, 5.41) is 12.7. The number of nitrogens with zero attached hydrogens (tertiary/aromatic N) is 2. The molecule has 0 spiro atoms. The maximum Gasteiger partial charge on any atom is 0.411 e. The maximum atomic E-state index is 13.4. The van der Waals surface area contributed by atoms with E-state index in [2.05, 4.69) is 11.4 Å². The summed E-state index contributed by atoms with van der Waals surface area (Å²) in [7, 11) is -3.25. The zero-order valence-electron chi connectivity index (χ0n) is 23.0. The minimum absolute atomic E-state index is 0.0233. The second-order valence-corrected chi connectivity index (χ2v) is 13.7. The number of carbonyl (C=O) groups is 2. The van der Waals surface area contributed by atoms with Gasteiger partial charge in [-0.3, -0.25) is 9.69 Å². The van der Waals surface area contributed by atoms with Crippen LogP contribution in [0.2, 0.25) is 0 Å². The number of fused-ring (bicyclic) bond motifs is 3. The predicted octanol–water partition coefficient (Wildman–Crippen LogP) is 4.88. The normalized spacial score (nSPS) is 21.6. The molecule has 39 heavy (non-hydrogen) atoms. The minimum Gasteiger partial charge on any atom is -0.444 e. The van der Waals surface area contributed by atoms with Gasteiger partial charge in [-0.1, -0.05) is 43.3 Å². The average Bonchev–Trinajstić information content (AvgIpc) is 2.92. The minimum atomic E-state index is -3.25. The first-order chi connectivity index (χ1) is 18.4. The van der Waals surface area contributed by atoms with Crippen molar-refractivity contribution >= 4 is 21.8 Å². The molecule has 2 saturated heterocycles. The van der Waals surface area contributed by atoms with E-state index in [9.17, 15) is 23.3 Å². The molecule has 2 atom stereocenters. The third-order valence-corrected chi connectivity index (χ3v) is 9.30. The van der Waals surface area contributed by atoms with Crippen molar-refractivity contribution in [3.05, 3.63) is 54.1 Å². The summed E-state index contributed by atoms with van der Waals surface area (Å²) in [6.07, 6.45) is 3.33. The molecule has 1 aliphatic carbocycles. The summed E-state index contributed by atoms with van der Waals surface area (Å²) in [4.78, 5) is 28.4. The summed E-state index contributed by atoms with van der Waals surface area (Å²) >= 11 is 0. The number of nitriles is 1. The molecule has 3 fully saturated rings. The number of carbonyl (C=O) groups excluding carboxylic acids is 2. The number of piperidine rings is 2. The first-order valence-corrected chi connectivity index (χ1v) is 15.2. The molecular weight excluding hydrogens is 514 g/mol. The molecule has 208 valence electrons. The summed E-state index contributed by atoms with van der Waals surface area (Å²) < 4.78 is 29.8. The smallest absolute Gasteiger partial charge is 0.411 e. The van der Waals surface area contributed by atoms with Crippen LogP contribution < -0.4 is 5.32 Å². The van der Waals surface area contributed by atoms with Crippen molar-refractivity contribution in [2.45, 2.75) is 88.4 Å². The van der Waals surface area contributed by atoms with Gasteiger partial charge in [-0.05, 0) is 81.2 Å². The zero-order chi connectivity index (χ0) is 28.4. The third-order valence-electron chi connectivity index (χ3n) is 7.55. The number of rotatable bonds is 7. The standard InChI is InChI=1S/C30H37N3O5S/c1-5-39(36,37)26-16-12-22(13-17-26)21-8-6-20(7-9-21)18-24(19-31)32-28(34)27-23-10-14-25(15-11-23)33(27)29(35)38-30(2,3)4/h6-9,12-13,16-17,23-25,27H,5,10-11,14-15,18H2,1-4H3,(H,32,34)/t23?,24-,25?,27-/m0/s1. The third kappa shape index (κ3) is 6.62. The largest absolute Gasteiger partial charge is 0.444 e. The Morgan fingerprint density at radius 3 is 2.10 bits per heavy atom. The van der Waals surface area contributed by atoms with E-state index in [1.54, 1.807) is 36.1 Å². The Morgan fingerprint density at radius 2 is 1.59 bits per heavy atom. The molecule has 2 aliphatic heterocycles. The van der Waals surface area contributed by atoms with E-state index in [-0.39, 0.29) is 23.6 Å². The highest BCUT2D eigenvalue weighted by Crippen LogP contribution is 2.40. The first kappa shape index (κ1) is 28.6. The van der Waals surface area contributed by atoms with Crippen LogP contribution in [0, 0.1) is 17.2 Å². The second kappa shape index (κ2) is 11.4. The molecule has 0 radical (unpaired) electrons. The molecule has 9 heteroatoms. The summed E-state index contributed by atoms with van der Waals surface area (Å²) in [5.41, 5.74) is 2.02. The van der Waals surface area contributed by atoms with E-state index >= 15 is 0 Å². The highest BCUT2D eigenvalue weighted by molar-refractivity contribution is 7.91. The number of amides is 2. The maximum absolute atomic E-state index is 13.4. The number of sulfone groups is 1. The van der Waals surface area contributed by atoms with E-state index in [0.29, 0.717) is 11.3 Å². The highest BCUT2D eigenvalue weighted by atomic mass is 32.2. The number of benzene rings is 2. The van der Waals surface area contributed by atoms with Crippen molar-refractivity contribution in [2.24, 2.45) is 5.92 Å². The quantitative estimate of drug-likeness (QED) is 0.524. The van der Waals surface area contributed by atoms with Crippen molar-refractivity contribution in [1.82, 2.24) is 10.2 Å². The van der Waals surface area contributed by atoms with Crippen LogP contribution in [-0.2, 0) is 25.8 Å². The Labute approximate surface area is 231 Å². The van der Waals surface area contributed by atoms with E-state index in [1.807, 2.05) is 45.0 Å². The molecule has 1 saturated carbocycles. The predicted molar refractivity (Wildman–Crippen MR) is 148 cm³/mol.